The second-order valence-corrected chi connectivity index (χ2v) is 11.7. The lowest BCUT2D eigenvalue weighted by Crippen LogP contribution is -2.43. The number of carbonyl (C=O) groups is 1. The highest BCUT2D eigenvalue weighted by molar-refractivity contribution is 7.90. The summed E-state index contributed by atoms with van der Waals surface area (Å²) in [7, 11) is -3.99. The van der Waals surface area contributed by atoms with Gasteiger partial charge in [0.2, 0.25) is 21.8 Å². The molecule has 1 unspecified atom stereocenters. The molecule has 0 radical (unpaired) electrons. The average molecular weight is 536 g/mol. The zero-order valence-corrected chi connectivity index (χ0v) is 21.5. The minimum absolute atomic E-state index is 0.446. The number of oxazole rings is 1. The lowest BCUT2D eigenvalue weighted by Gasteiger charge is -2.32. The summed E-state index contributed by atoms with van der Waals surface area (Å²) < 4.78 is 34.0. The van der Waals surface area contributed by atoms with Crippen molar-refractivity contribution in [1.82, 2.24) is 14.7 Å². The number of anilines is 2. The van der Waals surface area contributed by atoms with E-state index in [1.54, 1.807) is 30.6 Å². The van der Waals surface area contributed by atoms with E-state index in [2.05, 4.69) is 21.3 Å². The highest BCUT2D eigenvalue weighted by atomic mass is 35.5. The van der Waals surface area contributed by atoms with Gasteiger partial charge in [-0.15, -0.1) is 17.9 Å². The normalized spacial score (nSPS) is 15.7. The Morgan fingerprint density at radius 2 is 2.11 bits per heavy atom. The number of aromatic nitrogens is 2. The van der Waals surface area contributed by atoms with Crippen LogP contribution in [0.5, 0.6) is 0 Å². The Bertz CT molecular complexity index is 1330. The molecule has 4 rings (SSSR count). The summed E-state index contributed by atoms with van der Waals surface area (Å²) in [5.41, 5.74) is 7.43. The lowest BCUT2D eigenvalue weighted by molar-refractivity contribution is -0.123. The number of nitrogens with two attached hydrogens (primary N) is 1. The molecule has 12 heteroatoms. The zero-order valence-electron chi connectivity index (χ0n) is 19.1. The van der Waals surface area contributed by atoms with Crippen LogP contribution in [0.1, 0.15) is 35.7 Å². The highest BCUT2D eigenvalue weighted by Gasteiger charge is 2.32. The van der Waals surface area contributed by atoms with Gasteiger partial charge in [-0.1, -0.05) is 24.6 Å². The molecule has 186 valence electrons. The number of rotatable bonds is 8. The van der Waals surface area contributed by atoms with Crippen LogP contribution in [-0.2, 0) is 21.2 Å². The molecule has 1 aliphatic heterocycles. The Balaban J connectivity index is 1.38. The zero-order chi connectivity index (χ0) is 25.2. The van der Waals surface area contributed by atoms with Gasteiger partial charge in [-0.2, -0.15) is 0 Å². The summed E-state index contributed by atoms with van der Waals surface area (Å²) in [5.74, 6) is 0.893. The fourth-order valence-electron chi connectivity index (χ4n) is 3.98. The van der Waals surface area contributed by atoms with Crippen LogP contribution >= 0.6 is 22.9 Å². The number of carbonyl (C=O) groups excluding carboxylic acids is 1. The molecule has 1 amide bonds. The molecule has 1 saturated heterocycles. The molecule has 4 heterocycles. The van der Waals surface area contributed by atoms with Gasteiger partial charge in [0.25, 0.3) is 0 Å². The van der Waals surface area contributed by atoms with Crippen LogP contribution in [0.15, 0.2) is 47.7 Å². The van der Waals surface area contributed by atoms with E-state index >= 15 is 0 Å². The molecule has 0 aromatic carbocycles. The van der Waals surface area contributed by atoms with Gasteiger partial charge >= 0.3 is 0 Å². The third-order valence-electron chi connectivity index (χ3n) is 5.88. The van der Waals surface area contributed by atoms with Crippen molar-refractivity contribution in [3.8, 4) is 11.5 Å². The fraction of sp³-hybridized carbons (Fsp3) is 0.348. The van der Waals surface area contributed by atoms with Crippen LogP contribution in [0, 0.1) is 5.92 Å². The topological polar surface area (TPSA) is 131 Å². The Kier molecular flexibility index (Phi) is 7.48. The summed E-state index contributed by atoms with van der Waals surface area (Å²) in [6.07, 6.45) is 6.31. The SMILES string of the molecule is C=CC(c1ccc(Cl)s1)S(=O)(=O)NC(=O)C1CCN(c2ncc(-c3ncc(CC)o3)cc2N)CC1. The summed E-state index contributed by atoms with van der Waals surface area (Å²) >= 11 is 7.08. The predicted octanol–water partition coefficient (Wildman–Crippen LogP) is 4.19. The molecule has 3 aromatic heterocycles. The Labute approximate surface area is 213 Å². The van der Waals surface area contributed by atoms with Crippen LogP contribution in [0.3, 0.4) is 0 Å². The van der Waals surface area contributed by atoms with Crippen molar-refractivity contribution in [1.29, 1.82) is 0 Å². The van der Waals surface area contributed by atoms with Crippen molar-refractivity contribution in [3.63, 3.8) is 0 Å². The number of nitrogens with zero attached hydrogens (tertiary/aromatic N) is 3. The van der Waals surface area contributed by atoms with E-state index in [0.29, 0.717) is 58.1 Å². The number of sulfonamides is 1. The number of thiophene rings is 1. The van der Waals surface area contributed by atoms with Crippen LogP contribution in [-0.4, -0.2) is 37.4 Å². The van der Waals surface area contributed by atoms with Crippen molar-refractivity contribution in [2.45, 2.75) is 31.4 Å². The lowest BCUT2D eigenvalue weighted by atomic mass is 9.96. The summed E-state index contributed by atoms with van der Waals surface area (Å²) in [5, 5.41) is -1.05. The fourth-order valence-corrected chi connectivity index (χ4v) is 6.75. The minimum Gasteiger partial charge on any atom is -0.441 e. The third kappa shape index (κ3) is 5.52. The smallest absolute Gasteiger partial charge is 0.246 e. The number of piperidine rings is 1. The van der Waals surface area contributed by atoms with Gasteiger partial charge < -0.3 is 15.1 Å². The number of nitrogen functional groups attached to an aromatic ring is 1. The van der Waals surface area contributed by atoms with Gasteiger partial charge in [-0.25, -0.2) is 18.4 Å². The summed E-state index contributed by atoms with van der Waals surface area (Å²) in [6.45, 7) is 6.62. The van der Waals surface area contributed by atoms with Gasteiger partial charge in [-0.05, 0) is 31.0 Å². The number of nitrogens with one attached hydrogen (secondary N) is 1. The second kappa shape index (κ2) is 10.4. The Hall–Kier alpha value is -2.89. The first kappa shape index (κ1) is 25.2. The average Bonchev–Trinajstić information content (AvgIpc) is 3.48. The number of pyridine rings is 1. The number of hydrogen-bond acceptors (Lipinski definition) is 9. The van der Waals surface area contributed by atoms with Crippen molar-refractivity contribution in [2.24, 2.45) is 5.92 Å². The van der Waals surface area contributed by atoms with Crippen LogP contribution in [0.25, 0.3) is 11.5 Å². The van der Waals surface area contributed by atoms with Crippen molar-refractivity contribution in [3.05, 3.63) is 58.2 Å². The number of amides is 1. The Morgan fingerprint density at radius 3 is 2.69 bits per heavy atom. The van der Waals surface area contributed by atoms with Gasteiger partial charge in [-0.3, -0.25) is 9.52 Å². The molecule has 1 aliphatic rings. The maximum absolute atomic E-state index is 12.8. The van der Waals surface area contributed by atoms with E-state index in [9.17, 15) is 13.2 Å². The van der Waals surface area contributed by atoms with E-state index in [1.807, 2.05) is 11.8 Å². The van der Waals surface area contributed by atoms with Gasteiger partial charge in [0.1, 0.15) is 11.0 Å². The van der Waals surface area contributed by atoms with Gasteiger partial charge in [0.05, 0.1) is 21.8 Å². The molecule has 0 spiro atoms. The van der Waals surface area contributed by atoms with Crippen molar-refractivity contribution in [2.75, 3.05) is 23.7 Å². The van der Waals surface area contributed by atoms with Crippen LogP contribution in [0.4, 0.5) is 11.5 Å². The maximum atomic E-state index is 12.8. The first-order chi connectivity index (χ1) is 16.7. The first-order valence-corrected chi connectivity index (χ1v) is 13.8. The minimum atomic E-state index is -3.99. The van der Waals surface area contributed by atoms with Crippen molar-refractivity contribution >= 4 is 50.4 Å². The third-order valence-corrected chi connectivity index (χ3v) is 8.94. The van der Waals surface area contributed by atoms with Crippen molar-refractivity contribution < 1.29 is 17.6 Å². The van der Waals surface area contributed by atoms with Crippen LogP contribution in [0.2, 0.25) is 4.34 Å². The second-order valence-electron chi connectivity index (χ2n) is 8.19. The van der Waals surface area contributed by atoms with Crippen LogP contribution < -0.4 is 15.4 Å². The molecule has 3 aromatic rings. The monoisotopic (exact) mass is 535 g/mol. The molecule has 0 aliphatic carbocycles. The molecular formula is C23H26ClN5O4S2. The molecule has 0 saturated carbocycles. The van der Waals surface area contributed by atoms with E-state index in [-0.39, 0.29) is 0 Å². The van der Waals surface area contributed by atoms with Gasteiger partial charge in [0, 0.05) is 36.5 Å². The largest absolute Gasteiger partial charge is 0.441 e. The molecule has 0 bridgehead atoms. The van der Waals surface area contributed by atoms with E-state index in [0.717, 1.165) is 23.5 Å². The predicted molar refractivity (Wildman–Crippen MR) is 138 cm³/mol. The number of hydrogen-bond donors (Lipinski definition) is 2. The standard InChI is InChI=1S/C23H26ClN5O4S2/c1-3-16-13-27-23(33-16)15-11-17(25)21(26-12-15)29-9-7-14(8-10-29)22(30)28-35(31,32)19(4-2)18-5-6-20(24)34-18/h4-6,11-14,19H,2-3,7-10,25H2,1H3,(H,28,30). The Morgan fingerprint density at radius 1 is 1.37 bits per heavy atom. The number of halogens is 1. The molecular weight excluding hydrogens is 510 g/mol. The number of aryl methyl sites for hydroxylation is 1. The summed E-state index contributed by atoms with van der Waals surface area (Å²) in [4.78, 5) is 24.0. The first-order valence-electron chi connectivity index (χ1n) is 11.1. The highest BCUT2D eigenvalue weighted by Crippen LogP contribution is 2.33. The van der Waals surface area contributed by atoms with Gasteiger partial charge in [0.15, 0.2) is 5.82 Å². The van der Waals surface area contributed by atoms with E-state index in [4.69, 9.17) is 21.8 Å². The quantitative estimate of drug-likeness (QED) is 0.410. The van der Waals surface area contributed by atoms with E-state index in [1.165, 1.54) is 6.08 Å². The molecule has 35 heavy (non-hydrogen) atoms. The summed E-state index contributed by atoms with van der Waals surface area (Å²) in [6, 6.07) is 5.01. The maximum Gasteiger partial charge on any atom is 0.246 e. The molecule has 1 atom stereocenters. The molecule has 1 fully saturated rings. The van der Waals surface area contributed by atoms with E-state index < -0.39 is 27.1 Å². The molecule has 3 N–H and O–H groups in total. The molecule has 9 nitrogen and oxygen atoms in total.